The van der Waals surface area contributed by atoms with Crippen LogP contribution in [0.2, 0.25) is 0 Å². The molecular weight excluding hydrogens is 611 g/mol. The summed E-state index contributed by atoms with van der Waals surface area (Å²) in [5.41, 5.74) is 1.59. The SMILES string of the molecule is Cc1cc(F)cc(C)c1Oc1ccc(C(C)(C)O)cc1-c1cn(C)c(=O)cc1O[C@H]1CC[C@H](NC(=O)C23CCC(CO)(CC2)CC3)CC1. The van der Waals surface area contributed by atoms with Gasteiger partial charge in [-0.15, -0.1) is 0 Å². The monoisotopic (exact) mass is 660 g/mol. The zero-order chi connectivity index (χ0) is 34.4. The predicted octanol–water partition coefficient (Wildman–Crippen LogP) is 6.97. The van der Waals surface area contributed by atoms with Gasteiger partial charge in [0.05, 0.1) is 11.7 Å². The van der Waals surface area contributed by atoms with Gasteiger partial charge in [0.25, 0.3) is 5.56 Å². The Morgan fingerprint density at radius 3 is 2.17 bits per heavy atom. The molecule has 4 aliphatic rings. The quantitative estimate of drug-likeness (QED) is 0.229. The highest BCUT2D eigenvalue weighted by Gasteiger charge is 2.52. The first kappa shape index (κ1) is 34.2. The Balaban J connectivity index is 1.22. The van der Waals surface area contributed by atoms with Crippen LogP contribution in [0.15, 0.2) is 47.4 Å². The zero-order valence-electron chi connectivity index (χ0n) is 28.8. The molecule has 258 valence electrons. The van der Waals surface area contributed by atoms with Crippen LogP contribution in [0.5, 0.6) is 17.2 Å². The van der Waals surface area contributed by atoms with Gasteiger partial charge in [0.2, 0.25) is 5.91 Å². The molecule has 0 atom stereocenters. The van der Waals surface area contributed by atoms with Crippen LogP contribution in [0.25, 0.3) is 11.1 Å². The minimum atomic E-state index is -1.14. The topological polar surface area (TPSA) is 110 Å². The zero-order valence-corrected chi connectivity index (χ0v) is 28.8. The molecule has 3 N–H and O–H groups in total. The summed E-state index contributed by atoms with van der Waals surface area (Å²) in [6.45, 7) is 7.22. The first-order valence-corrected chi connectivity index (χ1v) is 17.3. The van der Waals surface area contributed by atoms with Gasteiger partial charge in [0.15, 0.2) is 0 Å². The summed E-state index contributed by atoms with van der Waals surface area (Å²) in [6, 6.07) is 9.87. The van der Waals surface area contributed by atoms with Gasteiger partial charge in [-0.2, -0.15) is 0 Å². The lowest BCUT2D eigenvalue weighted by atomic mass is 9.53. The summed E-state index contributed by atoms with van der Waals surface area (Å²) in [5, 5.41) is 24.1. The van der Waals surface area contributed by atoms with Gasteiger partial charge >= 0.3 is 0 Å². The standard InChI is InChI=1S/C39H49FN2O6/c1-24-18-27(40)19-25(2)35(24)48-32-11-6-26(37(3,4)46)20-30(32)31-22-42(5)34(44)21-33(31)47-29-9-7-28(8-10-29)41-36(45)39-15-12-38(23-43,13-16-39)14-17-39/h6,11,18-22,28-29,43,46H,7-10,12-17,23H2,1-5H3,(H,41,45)/t28-,29-,38?,39?. The maximum atomic E-state index is 14.1. The van der Waals surface area contributed by atoms with Gasteiger partial charge < -0.3 is 29.6 Å². The number of aromatic nitrogens is 1. The molecule has 9 heteroatoms. The number of pyridine rings is 1. The molecule has 4 aliphatic carbocycles. The van der Waals surface area contributed by atoms with Crippen molar-refractivity contribution in [3.05, 3.63) is 75.5 Å². The highest BCUT2D eigenvalue weighted by atomic mass is 19.1. The summed E-state index contributed by atoms with van der Waals surface area (Å²) in [6.07, 6.45) is 9.89. The first-order chi connectivity index (χ1) is 22.7. The molecule has 1 aromatic heterocycles. The molecule has 4 fully saturated rings. The third kappa shape index (κ3) is 6.77. The Labute approximate surface area is 282 Å². The number of aryl methyl sites for hydroxylation is 3. The number of hydrogen-bond acceptors (Lipinski definition) is 6. The van der Waals surface area contributed by atoms with Crippen molar-refractivity contribution < 1.29 is 28.9 Å². The number of carbonyl (C=O) groups excluding carboxylic acids is 1. The Bertz CT molecular complexity index is 1700. The Morgan fingerprint density at radius 2 is 1.58 bits per heavy atom. The van der Waals surface area contributed by atoms with Crippen LogP contribution in [0.1, 0.15) is 94.7 Å². The number of nitrogens with one attached hydrogen (secondary N) is 1. The van der Waals surface area contributed by atoms with Crippen LogP contribution in [0, 0.1) is 30.5 Å². The summed E-state index contributed by atoms with van der Waals surface area (Å²) in [7, 11) is 1.68. The van der Waals surface area contributed by atoms with Gasteiger partial charge in [-0.25, -0.2) is 4.39 Å². The second-order valence-electron chi connectivity index (χ2n) is 15.2. The fraction of sp³-hybridized carbons (Fsp3) is 0.538. The van der Waals surface area contributed by atoms with Gasteiger partial charge in [0, 0.05) is 48.5 Å². The highest BCUT2D eigenvalue weighted by Crippen LogP contribution is 2.56. The van der Waals surface area contributed by atoms with E-state index < -0.39 is 5.60 Å². The highest BCUT2D eigenvalue weighted by molar-refractivity contribution is 5.83. The minimum Gasteiger partial charge on any atom is -0.490 e. The van der Waals surface area contributed by atoms with Crippen LogP contribution >= 0.6 is 0 Å². The van der Waals surface area contributed by atoms with E-state index in [-0.39, 0.29) is 46.9 Å². The third-order valence-corrected chi connectivity index (χ3v) is 11.3. The van der Waals surface area contributed by atoms with Gasteiger partial charge in [-0.05, 0) is 138 Å². The number of amides is 1. The summed E-state index contributed by atoms with van der Waals surface area (Å²) in [4.78, 5) is 26.4. The summed E-state index contributed by atoms with van der Waals surface area (Å²) >= 11 is 0. The number of hydrogen-bond donors (Lipinski definition) is 3. The molecule has 4 saturated carbocycles. The van der Waals surface area contributed by atoms with Crippen molar-refractivity contribution in [1.29, 1.82) is 0 Å². The van der Waals surface area contributed by atoms with Crippen molar-refractivity contribution >= 4 is 5.91 Å². The van der Waals surface area contributed by atoms with Crippen LogP contribution in [-0.4, -0.2) is 39.4 Å². The molecule has 2 aromatic carbocycles. The molecule has 1 heterocycles. The molecule has 0 saturated heterocycles. The van der Waals surface area contributed by atoms with E-state index in [1.807, 2.05) is 6.07 Å². The molecule has 8 nitrogen and oxygen atoms in total. The average Bonchev–Trinajstić information content (AvgIpc) is 3.05. The molecule has 0 spiro atoms. The number of benzene rings is 2. The maximum absolute atomic E-state index is 14.1. The van der Waals surface area contributed by atoms with Crippen LogP contribution < -0.4 is 20.3 Å². The van der Waals surface area contributed by atoms with Crippen molar-refractivity contribution in [1.82, 2.24) is 9.88 Å². The number of rotatable bonds is 9. The number of halogens is 1. The fourth-order valence-corrected chi connectivity index (χ4v) is 7.97. The third-order valence-electron chi connectivity index (χ3n) is 11.3. The van der Waals surface area contributed by atoms with Gasteiger partial charge in [-0.1, -0.05) is 6.07 Å². The van der Waals surface area contributed by atoms with Crippen molar-refractivity contribution in [2.75, 3.05) is 6.61 Å². The summed E-state index contributed by atoms with van der Waals surface area (Å²) < 4.78 is 28.6. The molecule has 2 bridgehead atoms. The van der Waals surface area contributed by atoms with Crippen LogP contribution in [0.4, 0.5) is 4.39 Å². The second kappa shape index (κ2) is 13.0. The number of carbonyl (C=O) groups is 1. The lowest BCUT2D eigenvalue weighted by molar-refractivity contribution is -0.143. The van der Waals surface area contributed by atoms with E-state index in [0.29, 0.717) is 45.1 Å². The van der Waals surface area contributed by atoms with Crippen molar-refractivity contribution in [3.63, 3.8) is 0 Å². The largest absolute Gasteiger partial charge is 0.490 e. The van der Waals surface area contributed by atoms with Crippen molar-refractivity contribution in [2.24, 2.45) is 17.9 Å². The normalized spacial score (nSPS) is 25.5. The van der Waals surface area contributed by atoms with Crippen LogP contribution in [-0.2, 0) is 17.4 Å². The molecule has 0 unspecified atom stereocenters. The first-order valence-electron chi connectivity index (χ1n) is 17.3. The molecular formula is C39H49FN2O6. The van der Waals surface area contributed by atoms with Gasteiger partial charge in [0.1, 0.15) is 23.1 Å². The molecule has 0 aliphatic heterocycles. The van der Waals surface area contributed by atoms with Crippen molar-refractivity contribution in [2.45, 2.75) is 110 Å². The van der Waals surface area contributed by atoms with E-state index in [4.69, 9.17) is 9.47 Å². The minimum absolute atomic E-state index is 0.0239. The van der Waals surface area contributed by atoms with E-state index in [1.54, 1.807) is 53.1 Å². The lowest BCUT2D eigenvalue weighted by Gasteiger charge is -2.52. The fourth-order valence-electron chi connectivity index (χ4n) is 7.97. The Hall–Kier alpha value is -3.69. The molecule has 3 aromatic rings. The lowest BCUT2D eigenvalue weighted by Crippen LogP contribution is -2.53. The molecule has 0 radical (unpaired) electrons. The number of nitrogens with zero attached hydrogens (tertiary/aromatic N) is 1. The average molecular weight is 661 g/mol. The smallest absolute Gasteiger partial charge is 0.254 e. The number of fused-ring (bicyclic) bond motifs is 3. The van der Waals surface area contributed by atoms with Crippen molar-refractivity contribution in [3.8, 4) is 28.4 Å². The number of aliphatic hydroxyl groups is 2. The summed E-state index contributed by atoms with van der Waals surface area (Å²) in [5.74, 6) is 1.27. The Morgan fingerprint density at radius 1 is 0.958 bits per heavy atom. The van der Waals surface area contributed by atoms with E-state index in [2.05, 4.69) is 5.32 Å². The number of aliphatic hydroxyl groups excluding tert-OH is 1. The molecule has 48 heavy (non-hydrogen) atoms. The maximum Gasteiger partial charge on any atom is 0.254 e. The molecule has 7 rings (SSSR count). The van der Waals surface area contributed by atoms with Crippen LogP contribution in [0.3, 0.4) is 0 Å². The second-order valence-corrected chi connectivity index (χ2v) is 15.2. The molecule has 1 amide bonds. The van der Waals surface area contributed by atoms with E-state index in [0.717, 1.165) is 64.2 Å². The van der Waals surface area contributed by atoms with E-state index >= 15 is 0 Å². The van der Waals surface area contributed by atoms with E-state index in [1.165, 1.54) is 22.8 Å². The predicted molar refractivity (Wildman–Crippen MR) is 183 cm³/mol. The Kier molecular flexibility index (Phi) is 9.24. The van der Waals surface area contributed by atoms with E-state index in [9.17, 15) is 24.2 Å². The number of ether oxygens (including phenoxy) is 2. The van der Waals surface area contributed by atoms with Gasteiger partial charge in [-0.3, -0.25) is 9.59 Å².